The lowest BCUT2D eigenvalue weighted by molar-refractivity contribution is 0.268. The maximum absolute atomic E-state index is 12.5. The van der Waals surface area contributed by atoms with E-state index in [1.54, 1.807) is 36.1 Å². The lowest BCUT2D eigenvalue weighted by Gasteiger charge is -2.31. The molecule has 22 heavy (non-hydrogen) atoms. The SMILES string of the molecule is Cc1nn(C)c(=O)n1C1CCN(S(=O)(=O)c2cccs2)CC1. The Bertz CT molecular complexity index is 812. The highest BCUT2D eigenvalue weighted by molar-refractivity contribution is 7.91. The number of rotatable bonds is 3. The third kappa shape index (κ3) is 2.53. The van der Waals surface area contributed by atoms with Crippen molar-refractivity contribution in [1.82, 2.24) is 18.7 Å². The van der Waals surface area contributed by atoms with Gasteiger partial charge in [0.05, 0.1) is 0 Å². The van der Waals surface area contributed by atoms with E-state index in [1.165, 1.54) is 20.3 Å². The Morgan fingerprint density at radius 2 is 2.00 bits per heavy atom. The van der Waals surface area contributed by atoms with Crippen LogP contribution in [0.25, 0.3) is 0 Å². The molecule has 0 aromatic carbocycles. The fraction of sp³-hybridized carbons (Fsp3) is 0.538. The van der Waals surface area contributed by atoms with E-state index in [0.29, 0.717) is 36.0 Å². The lowest BCUT2D eigenvalue weighted by Crippen LogP contribution is -2.40. The van der Waals surface area contributed by atoms with Crippen molar-refractivity contribution in [2.24, 2.45) is 7.05 Å². The first-order valence-corrected chi connectivity index (χ1v) is 9.39. The first kappa shape index (κ1) is 15.4. The second-order valence-electron chi connectivity index (χ2n) is 5.39. The molecule has 9 heteroatoms. The normalized spacial score (nSPS) is 17.9. The summed E-state index contributed by atoms with van der Waals surface area (Å²) in [5.74, 6) is 0.673. The van der Waals surface area contributed by atoms with Gasteiger partial charge in [-0.15, -0.1) is 11.3 Å². The predicted molar refractivity (Wildman–Crippen MR) is 83.6 cm³/mol. The van der Waals surface area contributed by atoms with Crippen LogP contribution in [0.2, 0.25) is 0 Å². The van der Waals surface area contributed by atoms with E-state index in [0.717, 1.165) is 0 Å². The van der Waals surface area contributed by atoms with Gasteiger partial charge in [0.2, 0.25) is 0 Å². The maximum atomic E-state index is 12.5. The van der Waals surface area contributed by atoms with Crippen LogP contribution in [0.15, 0.2) is 26.5 Å². The fourth-order valence-corrected chi connectivity index (χ4v) is 5.52. The Morgan fingerprint density at radius 3 is 2.50 bits per heavy atom. The van der Waals surface area contributed by atoms with Crippen molar-refractivity contribution in [1.29, 1.82) is 0 Å². The van der Waals surface area contributed by atoms with Gasteiger partial charge in [-0.25, -0.2) is 17.9 Å². The highest BCUT2D eigenvalue weighted by atomic mass is 32.2. The van der Waals surface area contributed by atoms with E-state index < -0.39 is 10.0 Å². The zero-order chi connectivity index (χ0) is 15.9. The van der Waals surface area contributed by atoms with E-state index in [4.69, 9.17) is 0 Å². The van der Waals surface area contributed by atoms with Gasteiger partial charge in [0, 0.05) is 26.2 Å². The molecule has 0 unspecified atom stereocenters. The first-order valence-electron chi connectivity index (χ1n) is 7.07. The number of piperidine rings is 1. The number of nitrogens with zero attached hydrogens (tertiary/aromatic N) is 4. The number of hydrogen-bond acceptors (Lipinski definition) is 5. The van der Waals surface area contributed by atoms with Crippen LogP contribution in [0, 0.1) is 6.92 Å². The Hall–Kier alpha value is -1.45. The number of aryl methyl sites for hydroxylation is 2. The van der Waals surface area contributed by atoms with Crippen molar-refractivity contribution in [3.63, 3.8) is 0 Å². The highest BCUT2D eigenvalue weighted by Crippen LogP contribution is 2.28. The van der Waals surface area contributed by atoms with Crippen LogP contribution in [0.5, 0.6) is 0 Å². The Labute approximate surface area is 132 Å². The average molecular weight is 342 g/mol. The molecular weight excluding hydrogens is 324 g/mol. The first-order chi connectivity index (χ1) is 10.4. The molecule has 1 aliphatic heterocycles. The summed E-state index contributed by atoms with van der Waals surface area (Å²) in [7, 11) is -1.77. The third-order valence-electron chi connectivity index (χ3n) is 4.00. The summed E-state index contributed by atoms with van der Waals surface area (Å²) in [6, 6.07) is 3.38. The van der Waals surface area contributed by atoms with Crippen LogP contribution in [0.4, 0.5) is 0 Å². The monoisotopic (exact) mass is 342 g/mol. The number of sulfonamides is 1. The molecule has 7 nitrogen and oxygen atoms in total. The molecular formula is C13H18N4O3S2. The molecule has 0 radical (unpaired) electrons. The van der Waals surface area contributed by atoms with E-state index >= 15 is 0 Å². The minimum absolute atomic E-state index is 0.0102. The van der Waals surface area contributed by atoms with Crippen molar-refractivity contribution < 1.29 is 8.42 Å². The summed E-state index contributed by atoms with van der Waals surface area (Å²) < 4.78 is 29.8. The summed E-state index contributed by atoms with van der Waals surface area (Å²) in [6.07, 6.45) is 1.24. The van der Waals surface area contributed by atoms with Crippen LogP contribution >= 0.6 is 11.3 Å². The second kappa shape index (κ2) is 5.64. The molecule has 0 atom stereocenters. The molecule has 0 amide bonds. The van der Waals surface area contributed by atoms with Gasteiger partial charge in [-0.1, -0.05) is 6.07 Å². The molecule has 0 bridgehead atoms. The smallest absolute Gasteiger partial charge is 0.276 e. The summed E-state index contributed by atoms with van der Waals surface area (Å²) in [5, 5.41) is 5.89. The van der Waals surface area contributed by atoms with Crippen molar-refractivity contribution in [2.45, 2.75) is 30.0 Å². The average Bonchev–Trinajstić information content (AvgIpc) is 3.09. The third-order valence-corrected chi connectivity index (χ3v) is 7.28. The number of hydrogen-bond donors (Lipinski definition) is 0. The van der Waals surface area contributed by atoms with Crippen LogP contribution in [-0.4, -0.2) is 40.2 Å². The summed E-state index contributed by atoms with van der Waals surface area (Å²) >= 11 is 1.23. The number of thiophene rings is 1. The molecule has 1 aliphatic rings. The Morgan fingerprint density at radius 1 is 1.32 bits per heavy atom. The molecule has 1 fully saturated rings. The van der Waals surface area contributed by atoms with Crippen molar-refractivity contribution >= 4 is 21.4 Å². The molecule has 0 saturated carbocycles. The summed E-state index contributed by atoms with van der Waals surface area (Å²) in [5.41, 5.74) is -0.142. The summed E-state index contributed by atoms with van der Waals surface area (Å²) in [4.78, 5) is 12.1. The highest BCUT2D eigenvalue weighted by Gasteiger charge is 2.31. The van der Waals surface area contributed by atoms with Gasteiger partial charge < -0.3 is 0 Å². The quantitative estimate of drug-likeness (QED) is 0.833. The van der Waals surface area contributed by atoms with Crippen molar-refractivity contribution in [3.05, 3.63) is 33.8 Å². The van der Waals surface area contributed by atoms with Crippen molar-refractivity contribution in [3.8, 4) is 0 Å². The summed E-state index contributed by atoms with van der Waals surface area (Å²) in [6.45, 7) is 2.65. The standard InChI is InChI=1S/C13H18N4O3S2/c1-10-14-15(2)13(18)17(10)11-5-7-16(8-6-11)22(19,20)12-4-3-9-21-12/h3-4,9,11H,5-8H2,1-2H3. The molecule has 3 heterocycles. The fourth-order valence-electron chi connectivity index (χ4n) is 2.90. The zero-order valence-electron chi connectivity index (χ0n) is 12.5. The van der Waals surface area contributed by atoms with Crippen LogP contribution in [-0.2, 0) is 17.1 Å². The van der Waals surface area contributed by atoms with Gasteiger partial charge in [0.1, 0.15) is 10.0 Å². The largest absolute Gasteiger partial charge is 0.345 e. The van der Waals surface area contributed by atoms with Gasteiger partial charge in [-0.3, -0.25) is 4.57 Å². The van der Waals surface area contributed by atoms with Gasteiger partial charge in [0.15, 0.2) is 0 Å². The van der Waals surface area contributed by atoms with E-state index in [-0.39, 0.29) is 11.7 Å². The molecule has 2 aromatic heterocycles. The van der Waals surface area contributed by atoms with E-state index in [2.05, 4.69) is 5.10 Å². The lowest BCUT2D eigenvalue weighted by atomic mass is 10.1. The topological polar surface area (TPSA) is 77.2 Å². The van der Waals surface area contributed by atoms with Crippen LogP contribution < -0.4 is 5.69 Å². The van der Waals surface area contributed by atoms with Crippen LogP contribution in [0.3, 0.4) is 0 Å². The zero-order valence-corrected chi connectivity index (χ0v) is 14.1. The number of aromatic nitrogens is 3. The maximum Gasteiger partial charge on any atom is 0.345 e. The molecule has 0 N–H and O–H groups in total. The molecule has 2 aromatic rings. The molecule has 1 saturated heterocycles. The predicted octanol–water partition coefficient (Wildman–Crippen LogP) is 0.978. The Kier molecular flexibility index (Phi) is 3.96. The Balaban J connectivity index is 1.77. The van der Waals surface area contributed by atoms with Gasteiger partial charge in [-0.05, 0) is 31.2 Å². The van der Waals surface area contributed by atoms with Crippen molar-refractivity contribution in [2.75, 3.05) is 13.1 Å². The second-order valence-corrected chi connectivity index (χ2v) is 8.50. The minimum atomic E-state index is -3.40. The van der Waals surface area contributed by atoms with E-state index in [9.17, 15) is 13.2 Å². The molecule has 120 valence electrons. The minimum Gasteiger partial charge on any atom is -0.276 e. The van der Waals surface area contributed by atoms with Gasteiger partial charge in [0.25, 0.3) is 10.0 Å². The van der Waals surface area contributed by atoms with Gasteiger partial charge in [-0.2, -0.15) is 9.40 Å². The van der Waals surface area contributed by atoms with Gasteiger partial charge >= 0.3 is 5.69 Å². The molecule has 0 aliphatic carbocycles. The molecule has 3 rings (SSSR count). The van der Waals surface area contributed by atoms with E-state index in [1.807, 2.05) is 0 Å². The van der Waals surface area contributed by atoms with Crippen LogP contribution in [0.1, 0.15) is 24.7 Å². The molecule has 0 spiro atoms.